The molecule has 0 radical (unpaired) electrons. The van der Waals surface area contributed by atoms with Crippen LogP contribution in [0.2, 0.25) is 0 Å². The normalized spacial score (nSPS) is 14.5. The first-order valence-corrected chi connectivity index (χ1v) is 6.71. The van der Waals surface area contributed by atoms with Gasteiger partial charge in [0.1, 0.15) is 5.82 Å². The zero-order chi connectivity index (χ0) is 14.0. The average Bonchev–Trinajstić information content (AvgIpc) is 2.74. The lowest BCUT2D eigenvalue weighted by molar-refractivity contribution is -0.142. The van der Waals surface area contributed by atoms with Gasteiger partial charge in [-0.3, -0.25) is 4.79 Å². The van der Waals surface area contributed by atoms with Crippen LogP contribution >= 0.6 is 0 Å². The highest BCUT2D eigenvalue weighted by Crippen LogP contribution is 2.21. The summed E-state index contributed by atoms with van der Waals surface area (Å²) in [5.41, 5.74) is 2.10. The Bertz CT molecular complexity index is 589. The van der Waals surface area contributed by atoms with Gasteiger partial charge >= 0.3 is 5.97 Å². The van der Waals surface area contributed by atoms with Gasteiger partial charge in [-0.2, -0.15) is 0 Å². The van der Waals surface area contributed by atoms with Gasteiger partial charge in [0.2, 0.25) is 0 Å². The van der Waals surface area contributed by atoms with Crippen molar-refractivity contribution in [2.24, 2.45) is 11.8 Å². The molecule has 2 unspecified atom stereocenters. The standard InChI is InChI=1S/C15H20N2O2/c1-4-17-13-8-6-5-7-12(13)16-14(17)9-10(2)11(3)15(18)19/h5-8,10-11H,4,9H2,1-3H3,(H,18,19). The van der Waals surface area contributed by atoms with E-state index in [1.807, 2.05) is 25.1 Å². The maximum Gasteiger partial charge on any atom is 0.306 e. The van der Waals surface area contributed by atoms with Crippen LogP contribution in [-0.4, -0.2) is 20.6 Å². The molecular weight excluding hydrogens is 240 g/mol. The van der Waals surface area contributed by atoms with E-state index in [9.17, 15) is 4.79 Å². The highest BCUT2D eigenvalue weighted by Gasteiger charge is 2.22. The third kappa shape index (κ3) is 2.62. The summed E-state index contributed by atoms with van der Waals surface area (Å²) in [6.07, 6.45) is 0.690. The molecule has 102 valence electrons. The molecule has 0 saturated heterocycles. The highest BCUT2D eigenvalue weighted by molar-refractivity contribution is 5.76. The summed E-state index contributed by atoms with van der Waals surface area (Å²) in [6, 6.07) is 8.03. The number of carboxylic acid groups (broad SMARTS) is 1. The SMILES string of the molecule is CCn1c(CC(C)C(C)C(=O)O)nc2ccccc21. The third-order valence-electron chi connectivity index (χ3n) is 3.80. The lowest BCUT2D eigenvalue weighted by atomic mass is 9.93. The zero-order valence-electron chi connectivity index (χ0n) is 11.6. The van der Waals surface area contributed by atoms with Crippen LogP contribution in [0, 0.1) is 11.8 Å². The monoisotopic (exact) mass is 260 g/mol. The summed E-state index contributed by atoms with van der Waals surface area (Å²) >= 11 is 0. The molecule has 0 aliphatic rings. The molecule has 2 rings (SSSR count). The van der Waals surface area contributed by atoms with E-state index in [1.54, 1.807) is 6.92 Å². The predicted octanol–water partition coefficient (Wildman–Crippen LogP) is 2.96. The van der Waals surface area contributed by atoms with Crippen LogP contribution in [-0.2, 0) is 17.8 Å². The Morgan fingerprint density at radius 1 is 1.37 bits per heavy atom. The average molecular weight is 260 g/mol. The molecule has 19 heavy (non-hydrogen) atoms. The summed E-state index contributed by atoms with van der Waals surface area (Å²) in [5.74, 6) is -0.0549. The Labute approximate surface area is 113 Å². The molecule has 1 aromatic carbocycles. The Hall–Kier alpha value is -1.84. The second-order valence-corrected chi connectivity index (χ2v) is 5.07. The molecule has 2 atom stereocenters. The lowest BCUT2D eigenvalue weighted by Gasteiger charge is -2.16. The minimum absolute atomic E-state index is 0.0691. The fourth-order valence-electron chi connectivity index (χ4n) is 2.34. The largest absolute Gasteiger partial charge is 0.481 e. The quantitative estimate of drug-likeness (QED) is 0.899. The van der Waals surface area contributed by atoms with E-state index in [4.69, 9.17) is 5.11 Å². The summed E-state index contributed by atoms with van der Waals surface area (Å²) in [6.45, 7) is 6.66. The Morgan fingerprint density at radius 2 is 2.05 bits per heavy atom. The van der Waals surface area contributed by atoms with Crippen molar-refractivity contribution in [3.05, 3.63) is 30.1 Å². The number of carbonyl (C=O) groups is 1. The maximum absolute atomic E-state index is 11.0. The van der Waals surface area contributed by atoms with Crippen molar-refractivity contribution in [1.29, 1.82) is 0 Å². The number of aromatic nitrogens is 2. The Morgan fingerprint density at radius 3 is 2.68 bits per heavy atom. The van der Waals surface area contributed by atoms with Crippen LogP contribution in [0.25, 0.3) is 11.0 Å². The van der Waals surface area contributed by atoms with Crippen LogP contribution in [0.1, 0.15) is 26.6 Å². The molecular formula is C15H20N2O2. The minimum Gasteiger partial charge on any atom is -0.481 e. The van der Waals surface area contributed by atoms with Crippen LogP contribution in [0.3, 0.4) is 0 Å². The van der Waals surface area contributed by atoms with Crippen LogP contribution < -0.4 is 0 Å². The summed E-state index contributed by atoms with van der Waals surface area (Å²) in [5, 5.41) is 9.07. The number of rotatable bonds is 5. The molecule has 4 heteroatoms. The summed E-state index contributed by atoms with van der Waals surface area (Å²) in [7, 11) is 0. The van der Waals surface area contributed by atoms with E-state index in [0.717, 1.165) is 23.4 Å². The molecule has 0 fully saturated rings. The predicted molar refractivity (Wildman–Crippen MR) is 75.1 cm³/mol. The molecule has 0 spiro atoms. The van der Waals surface area contributed by atoms with E-state index in [0.29, 0.717) is 6.42 Å². The summed E-state index contributed by atoms with van der Waals surface area (Å²) in [4.78, 5) is 15.7. The molecule has 1 heterocycles. The highest BCUT2D eigenvalue weighted by atomic mass is 16.4. The topological polar surface area (TPSA) is 55.1 Å². The molecule has 0 aliphatic carbocycles. The number of aliphatic carboxylic acids is 1. The van der Waals surface area contributed by atoms with E-state index in [2.05, 4.69) is 22.5 Å². The van der Waals surface area contributed by atoms with E-state index in [1.165, 1.54) is 0 Å². The molecule has 0 bridgehead atoms. The number of nitrogens with zero attached hydrogens (tertiary/aromatic N) is 2. The molecule has 4 nitrogen and oxygen atoms in total. The van der Waals surface area contributed by atoms with Gasteiger partial charge in [-0.05, 0) is 25.0 Å². The molecule has 0 saturated carbocycles. The maximum atomic E-state index is 11.0. The zero-order valence-corrected chi connectivity index (χ0v) is 11.6. The van der Waals surface area contributed by atoms with Crippen molar-refractivity contribution in [3.8, 4) is 0 Å². The number of carboxylic acids is 1. The lowest BCUT2D eigenvalue weighted by Crippen LogP contribution is -2.21. The van der Waals surface area contributed by atoms with Gasteiger partial charge in [0.05, 0.1) is 17.0 Å². The van der Waals surface area contributed by atoms with Crippen LogP contribution in [0.15, 0.2) is 24.3 Å². The number of imidazole rings is 1. The molecule has 0 aliphatic heterocycles. The number of hydrogen-bond acceptors (Lipinski definition) is 2. The first kappa shape index (κ1) is 13.6. The second kappa shape index (κ2) is 5.43. The van der Waals surface area contributed by atoms with E-state index < -0.39 is 5.97 Å². The van der Waals surface area contributed by atoms with Crippen molar-refractivity contribution in [2.45, 2.75) is 33.7 Å². The van der Waals surface area contributed by atoms with Gasteiger partial charge in [0.25, 0.3) is 0 Å². The van der Waals surface area contributed by atoms with E-state index in [-0.39, 0.29) is 11.8 Å². The molecule has 1 N–H and O–H groups in total. The van der Waals surface area contributed by atoms with Crippen molar-refractivity contribution >= 4 is 17.0 Å². The fraction of sp³-hybridized carbons (Fsp3) is 0.467. The van der Waals surface area contributed by atoms with Gasteiger partial charge in [-0.25, -0.2) is 4.98 Å². The number of fused-ring (bicyclic) bond motifs is 1. The van der Waals surface area contributed by atoms with Crippen molar-refractivity contribution in [2.75, 3.05) is 0 Å². The third-order valence-corrected chi connectivity index (χ3v) is 3.80. The van der Waals surface area contributed by atoms with Crippen LogP contribution in [0.4, 0.5) is 0 Å². The molecule has 0 amide bonds. The van der Waals surface area contributed by atoms with Crippen molar-refractivity contribution in [3.63, 3.8) is 0 Å². The van der Waals surface area contributed by atoms with Gasteiger partial charge in [0, 0.05) is 13.0 Å². The van der Waals surface area contributed by atoms with Crippen LogP contribution in [0.5, 0.6) is 0 Å². The fourth-order valence-corrected chi connectivity index (χ4v) is 2.34. The number of hydrogen-bond donors (Lipinski definition) is 1. The summed E-state index contributed by atoms with van der Waals surface area (Å²) < 4.78 is 2.17. The smallest absolute Gasteiger partial charge is 0.306 e. The minimum atomic E-state index is -0.744. The molecule has 2 aromatic rings. The number of para-hydroxylation sites is 2. The van der Waals surface area contributed by atoms with E-state index >= 15 is 0 Å². The Balaban J connectivity index is 2.32. The van der Waals surface area contributed by atoms with Gasteiger partial charge in [-0.1, -0.05) is 26.0 Å². The molecule has 1 aromatic heterocycles. The van der Waals surface area contributed by atoms with Crippen molar-refractivity contribution < 1.29 is 9.90 Å². The Kier molecular flexibility index (Phi) is 3.88. The first-order chi connectivity index (χ1) is 9.04. The van der Waals surface area contributed by atoms with Gasteiger partial charge in [0.15, 0.2) is 0 Å². The number of aryl methyl sites for hydroxylation is 1. The van der Waals surface area contributed by atoms with Gasteiger partial charge in [-0.15, -0.1) is 0 Å². The second-order valence-electron chi connectivity index (χ2n) is 5.07. The first-order valence-electron chi connectivity index (χ1n) is 6.71. The van der Waals surface area contributed by atoms with Gasteiger partial charge < -0.3 is 9.67 Å². The number of benzene rings is 1. The van der Waals surface area contributed by atoms with Crippen molar-refractivity contribution in [1.82, 2.24) is 9.55 Å².